The fourth-order valence-electron chi connectivity index (χ4n) is 0. The SMILES string of the molecule is C=CS(=O)(=O)O.O.[Ca+2].[H-].[H-]. The van der Waals surface area contributed by atoms with Crippen LogP contribution in [-0.4, -0.2) is 56.2 Å². The van der Waals surface area contributed by atoms with Gasteiger partial charge in [0.2, 0.25) is 0 Å². The molecule has 0 amide bonds. The summed E-state index contributed by atoms with van der Waals surface area (Å²) in [6, 6.07) is 0. The van der Waals surface area contributed by atoms with Crippen molar-refractivity contribution in [3.63, 3.8) is 0 Å². The van der Waals surface area contributed by atoms with Crippen molar-refractivity contribution in [2.75, 3.05) is 0 Å². The third-order valence-electron chi connectivity index (χ3n) is 0.211. The predicted molar refractivity (Wildman–Crippen MR) is 33.3 cm³/mol. The van der Waals surface area contributed by atoms with Crippen LogP contribution in [0.1, 0.15) is 2.85 Å². The number of hydrogen-bond acceptors (Lipinski definition) is 2. The fraction of sp³-hybridized carbons (Fsp3) is 0. The van der Waals surface area contributed by atoms with Crippen molar-refractivity contribution in [2.24, 2.45) is 0 Å². The minimum Gasteiger partial charge on any atom is -1.00 e. The van der Waals surface area contributed by atoms with Crippen LogP contribution in [0.4, 0.5) is 0 Å². The molecule has 48 valence electrons. The first-order valence-electron chi connectivity index (χ1n) is 1.16. The molecule has 0 unspecified atom stereocenters. The summed E-state index contributed by atoms with van der Waals surface area (Å²) >= 11 is 0. The van der Waals surface area contributed by atoms with Crippen molar-refractivity contribution in [3.05, 3.63) is 12.0 Å². The van der Waals surface area contributed by atoms with Crippen LogP contribution in [0.25, 0.3) is 0 Å². The normalized spacial score (nSPS) is 8.12. The van der Waals surface area contributed by atoms with Crippen molar-refractivity contribution in [3.8, 4) is 0 Å². The van der Waals surface area contributed by atoms with E-state index in [4.69, 9.17) is 4.55 Å². The fourth-order valence-corrected chi connectivity index (χ4v) is 0. The molecule has 0 saturated heterocycles. The average Bonchev–Trinajstić information content (AvgIpc) is 1.35. The van der Waals surface area contributed by atoms with E-state index in [-0.39, 0.29) is 46.1 Å². The first-order chi connectivity index (χ1) is 2.56. The minimum atomic E-state index is -3.90. The zero-order valence-corrected chi connectivity index (χ0v) is 7.19. The van der Waals surface area contributed by atoms with Crippen LogP contribution in [0, 0.1) is 0 Å². The largest absolute Gasteiger partial charge is 2.00 e. The maximum Gasteiger partial charge on any atom is 2.00 e. The molecule has 0 radical (unpaired) electrons. The summed E-state index contributed by atoms with van der Waals surface area (Å²) in [6.07, 6.45) is 0. The van der Waals surface area contributed by atoms with Crippen LogP contribution in [-0.2, 0) is 10.1 Å². The van der Waals surface area contributed by atoms with Gasteiger partial charge in [-0.3, -0.25) is 4.55 Å². The van der Waals surface area contributed by atoms with Crippen molar-refractivity contribution in [2.45, 2.75) is 0 Å². The molecule has 6 heteroatoms. The Balaban J connectivity index is -0.0000000208. The molecule has 0 aromatic heterocycles. The monoisotopic (exact) mass is 168 g/mol. The number of rotatable bonds is 1. The van der Waals surface area contributed by atoms with Crippen LogP contribution in [0.15, 0.2) is 12.0 Å². The standard InChI is InChI=1S/C2H4O3S.Ca.H2O.2H/c1-2-6(3,4)5;;;;/h2H,1H2,(H,3,4,5);;1H2;;/q;+2;;2*-1. The van der Waals surface area contributed by atoms with E-state index in [1.165, 1.54) is 0 Å². The molecule has 0 aliphatic carbocycles. The molecule has 0 bridgehead atoms. The molecular formula is C2H8CaO4S. The first-order valence-corrected chi connectivity index (χ1v) is 2.66. The summed E-state index contributed by atoms with van der Waals surface area (Å²) in [4.78, 5) is 0. The molecule has 0 heterocycles. The van der Waals surface area contributed by atoms with Crippen molar-refractivity contribution < 1.29 is 21.3 Å². The molecule has 3 N–H and O–H groups in total. The quantitative estimate of drug-likeness (QED) is 0.404. The van der Waals surface area contributed by atoms with E-state index in [1.807, 2.05) is 0 Å². The van der Waals surface area contributed by atoms with E-state index in [0.29, 0.717) is 5.41 Å². The molecule has 4 nitrogen and oxygen atoms in total. The molecule has 0 atom stereocenters. The van der Waals surface area contributed by atoms with Gasteiger partial charge in [-0.2, -0.15) is 8.42 Å². The molecule has 0 aliphatic rings. The van der Waals surface area contributed by atoms with E-state index < -0.39 is 10.1 Å². The summed E-state index contributed by atoms with van der Waals surface area (Å²) in [5.74, 6) is 0. The second-order valence-electron chi connectivity index (χ2n) is 0.682. The Kier molecular flexibility index (Phi) is 12.0. The van der Waals surface area contributed by atoms with Crippen LogP contribution >= 0.6 is 0 Å². The summed E-state index contributed by atoms with van der Waals surface area (Å²) < 4.78 is 26.6. The summed E-state index contributed by atoms with van der Waals surface area (Å²) in [5, 5.41) is 0.465. The van der Waals surface area contributed by atoms with Gasteiger partial charge in [0, 0.05) is 0 Å². The Morgan fingerprint density at radius 1 is 1.62 bits per heavy atom. The summed E-state index contributed by atoms with van der Waals surface area (Å²) in [5.41, 5.74) is 0. The Morgan fingerprint density at radius 2 is 1.75 bits per heavy atom. The van der Waals surface area contributed by atoms with E-state index in [0.717, 1.165) is 0 Å². The molecule has 0 rings (SSSR count). The van der Waals surface area contributed by atoms with Crippen molar-refractivity contribution in [1.82, 2.24) is 0 Å². The van der Waals surface area contributed by atoms with Gasteiger partial charge >= 0.3 is 37.7 Å². The topological polar surface area (TPSA) is 85.9 Å². The molecule has 0 aliphatic heterocycles. The number of hydrogen-bond donors (Lipinski definition) is 1. The van der Waals surface area contributed by atoms with Gasteiger partial charge in [-0.1, -0.05) is 6.58 Å². The molecular weight excluding hydrogens is 160 g/mol. The second-order valence-corrected chi connectivity index (χ2v) is 2.04. The molecule has 0 fully saturated rings. The molecule has 0 spiro atoms. The van der Waals surface area contributed by atoms with Crippen LogP contribution in [0.3, 0.4) is 0 Å². The van der Waals surface area contributed by atoms with Gasteiger partial charge in [0.25, 0.3) is 10.1 Å². The van der Waals surface area contributed by atoms with Crippen LogP contribution in [0.2, 0.25) is 0 Å². The predicted octanol–water partition coefficient (Wildman–Crippen LogP) is -0.963. The van der Waals surface area contributed by atoms with Gasteiger partial charge in [-0.05, 0) is 0 Å². The average molecular weight is 168 g/mol. The Hall–Kier alpha value is 0.870. The Bertz CT molecular complexity index is 132. The van der Waals surface area contributed by atoms with E-state index in [2.05, 4.69) is 6.58 Å². The molecule has 8 heavy (non-hydrogen) atoms. The molecule has 0 saturated carbocycles. The van der Waals surface area contributed by atoms with E-state index in [9.17, 15) is 8.42 Å². The van der Waals surface area contributed by atoms with E-state index in [1.54, 1.807) is 0 Å². The van der Waals surface area contributed by atoms with Crippen molar-refractivity contribution >= 4 is 47.9 Å². The van der Waals surface area contributed by atoms with Crippen LogP contribution < -0.4 is 0 Å². The zero-order valence-electron chi connectivity index (χ0n) is 6.16. The van der Waals surface area contributed by atoms with Gasteiger partial charge in [-0.15, -0.1) is 0 Å². The summed E-state index contributed by atoms with van der Waals surface area (Å²) in [7, 11) is -3.90. The molecule has 0 aromatic rings. The summed E-state index contributed by atoms with van der Waals surface area (Å²) in [6.45, 7) is 2.79. The van der Waals surface area contributed by atoms with Gasteiger partial charge in [0.15, 0.2) is 0 Å². The smallest absolute Gasteiger partial charge is 1.00 e. The Morgan fingerprint density at radius 3 is 1.75 bits per heavy atom. The second kappa shape index (κ2) is 6.00. The zero-order chi connectivity index (χ0) is 5.21. The third-order valence-corrected chi connectivity index (χ3v) is 0.632. The molecule has 0 aromatic carbocycles. The first kappa shape index (κ1) is 15.9. The van der Waals surface area contributed by atoms with Gasteiger partial charge < -0.3 is 8.33 Å². The van der Waals surface area contributed by atoms with Gasteiger partial charge in [-0.25, -0.2) is 0 Å². The third kappa shape index (κ3) is 15.8. The van der Waals surface area contributed by atoms with Crippen molar-refractivity contribution in [1.29, 1.82) is 0 Å². The Labute approximate surface area is 80.6 Å². The van der Waals surface area contributed by atoms with Gasteiger partial charge in [0.1, 0.15) is 0 Å². The minimum absolute atomic E-state index is 0. The maximum absolute atomic E-state index is 9.44. The maximum atomic E-state index is 9.44. The van der Waals surface area contributed by atoms with E-state index >= 15 is 0 Å². The van der Waals surface area contributed by atoms with Crippen LogP contribution in [0.5, 0.6) is 0 Å². The van der Waals surface area contributed by atoms with Gasteiger partial charge in [0.05, 0.1) is 5.41 Å².